The molecule has 0 aliphatic rings. The maximum absolute atomic E-state index is 10.7. The fourth-order valence-electron chi connectivity index (χ4n) is 2.06. The van der Waals surface area contributed by atoms with Crippen molar-refractivity contribution in [2.45, 2.75) is 6.92 Å². The maximum Gasteiger partial charge on any atom is 0.150 e. The molecule has 0 radical (unpaired) electrons. The molecule has 0 aliphatic heterocycles. The standard InChI is InChI=1S/C14H13N3O/c1-10-3-4-13(16(10)2)12-8-17-6-5-11(9-18)7-14(17)15-12/h3-9H,1-2H3. The number of pyridine rings is 1. The van der Waals surface area contributed by atoms with Gasteiger partial charge in [0.1, 0.15) is 17.6 Å². The Bertz CT molecular complexity index is 737. The summed E-state index contributed by atoms with van der Waals surface area (Å²) in [4.78, 5) is 15.3. The van der Waals surface area contributed by atoms with Crippen molar-refractivity contribution in [1.82, 2.24) is 14.0 Å². The monoisotopic (exact) mass is 239 g/mol. The summed E-state index contributed by atoms with van der Waals surface area (Å²) in [7, 11) is 2.02. The van der Waals surface area contributed by atoms with Gasteiger partial charge in [0.2, 0.25) is 0 Å². The number of aromatic nitrogens is 3. The molecule has 3 aromatic heterocycles. The molecule has 0 amide bonds. The number of carbonyl (C=O) groups is 1. The Balaban J connectivity index is 2.19. The van der Waals surface area contributed by atoms with Gasteiger partial charge in [-0.2, -0.15) is 0 Å². The summed E-state index contributed by atoms with van der Waals surface area (Å²) in [5, 5.41) is 0. The zero-order valence-corrected chi connectivity index (χ0v) is 10.3. The van der Waals surface area contributed by atoms with Crippen molar-refractivity contribution in [2.75, 3.05) is 0 Å². The molecule has 4 nitrogen and oxygen atoms in total. The van der Waals surface area contributed by atoms with Gasteiger partial charge in [0, 0.05) is 30.7 Å². The van der Waals surface area contributed by atoms with Crippen LogP contribution in [0, 0.1) is 6.92 Å². The average Bonchev–Trinajstić information content (AvgIpc) is 2.93. The van der Waals surface area contributed by atoms with Gasteiger partial charge >= 0.3 is 0 Å². The minimum Gasteiger partial charge on any atom is -0.347 e. The van der Waals surface area contributed by atoms with Crippen LogP contribution in [0.4, 0.5) is 0 Å². The number of hydrogen-bond donors (Lipinski definition) is 0. The van der Waals surface area contributed by atoms with E-state index in [1.807, 2.05) is 23.8 Å². The molecule has 0 saturated carbocycles. The molecule has 3 heterocycles. The van der Waals surface area contributed by atoms with Crippen LogP contribution in [0.1, 0.15) is 16.1 Å². The Morgan fingerprint density at radius 3 is 2.78 bits per heavy atom. The van der Waals surface area contributed by atoms with Crippen LogP contribution in [-0.4, -0.2) is 20.2 Å². The molecular weight excluding hydrogens is 226 g/mol. The zero-order valence-electron chi connectivity index (χ0n) is 10.3. The number of carbonyl (C=O) groups excluding carboxylic acids is 1. The van der Waals surface area contributed by atoms with Crippen LogP contribution in [0.25, 0.3) is 17.0 Å². The van der Waals surface area contributed by atoms with Crippen molar-refractivity contribution in [2.24, 2.45) is 7.05 Å². The molecule has 0 bridgehead atoms. The topological polar surface area (TPSA) is 39.3 Å². The predicted octanol–water partition coefficient (Wildman–Crippen LogP) is 2.46. The first-order valence-electron chi connectivity index (χ1n) is 5.75. The van der Waals surface area contributed by atoms with E-state index in [0.29, 0.717) is 5.56 Å². The van der Waals surface area contributed by atoms with E-state index in [-0.39, 0.29) is 0 Å². The number of rotatable bonds is 2. The van der Waals surface area contributed by atoms with Crippen LogP contribution in [0.15, 0.2) is 36.7 Å². The summed E-state index contributed by atoms with van der Waals surface area (Å²) in [6.07, 6.45) is 4.66. The molecule has 0 aromatic carbocycles. The first-order valence-corrected chi connectivity index (χ1v) is 5.75. The first-order chi connectivity index (χ1) is 8.69. The second kappa shape index (κ2) is 3.84. The highest BCUT2D eigenvalue weighted by atomic mass is 16.1. The smallest absolute Gasteiger partial charge is 0.150 e. The molecule has 90 valence electrons. The highest BCUT2D eigenvalue weighted by Gasteiger charge is 2.08. The lowest BCUT2D eigenvalue weighted by molar-refractivity contribution is 0.112. The fourth-order valence-corrected chi connectivity index (χ4v) is 2.06. The molecular formula is C14H13N3O. The van der Waals surface area contributed by atoms with E-state index >= 15 is 0 Å². The second-order valence-electron chi connectivity index (χ2n) is 4.39. The third-order valence-corrected chi connectivity index (χ3v) is 3.26. The number of hydrogen-bond acceptors (Lipinski definition) is 2. The third kappa shape index (κ3) is 1.54. The summed E-state index contributed by atoms with van der Waals surface area (Å²) >= 11 is 0. The summed E-state index contributed by atoms with van der Waals surface area (Å²) < 4.78 is 4.02. The van der Waals surface area contributed by atoms with Gasteiger partial charge in [-0.05, 0) is 31.2 Å². The van der Waals surface area contributed by atoms with E-state index in [4.69, 9.17) is 0 Å². The number of nitrogens with zero attached hydrogens (tertiary/aromatic N) is 3. The number of aldehydes is 1. The Morgan fingerprint density at radius 2 is 2.11 bits per heavy atom. The molecule has 0 aliphatic carbocycles. The lowest BCUT2D eigenvalue weighted by atomic mass is 10.3. The average molecular weight is 239 g/mol. The molecule has 4 heteroatoms. The van der Waals surface area contributed by atoms with Gasteiger partial charge in [0.05, 0.1) is 5.69 Å². The minimum atomic E-state index is 0.641. The van der Waals surface area contributed by atoms with E-state index in [1.165, 1.54) is 5.69 Å². The molecule has 0 N–H and O–H groups in total. The first kappa shape index (κ1) is 10.8. The molecule has 0 saturated heterocycles. The van der Waals surface area contributed by atoms with Crippen LogP contribution in [0.5, 0.6) is 0 Å². The normalized spacial score (nSPS) is 11.0. The van der Waals surface area contributed by atoms with Crippen molar-refractivity contribution >= 4 is 11.9 Å². The van der Waals surface area contributed by atoms with Gasteiger partial charge in [-0.3, -0.25) is 4.79 Å². The number of fused-ring (bicyclic) bond motifs is 1. The molecule has 0 unspecified atom stereocenters. The SMILES string of the molecule is Cc1ccc(-c2cn3ccc(C=O)cc3n2)n1C. The highest BCUT2D eigenvalue weighted by molar-refractivity contribution is 5.77. The van der Waals surface area contributed by atoms with E-state index in [2.05, 4.69) is 28.6 Å². The molecule has 0 atom stereocenters. The summed E-state index contributed by atoms with van der Waals surface area (Å²) in [5.74, 6) is 0. The Kier molecular flexibility index (Phi) is 2.30. The second-order valence-corrected chi connectivity index (χ2v) is 4.39. The fraction of sp³-hybridized carbons (Fsp3) is 0.143. The van der Waals surface area contributed by atoms with E-state index in [0.717, 1.165) is 23.3 Å². The van der Waals surface area contributed by atoms with Gasteiger partial charge < -0.3 is 8.97 Å². The quantitative estimate of drug-likeness (QED) is 0.644. The van der Waals surface area contributed by atoms with Crippen molar-refractivity contribution < 1.29 is 4.79 Å². The lowest BCUT2D eigenvalue weighted by Crippen LogP contribution is -1.93. The van der Waals surface area contributed by atoms with E-state index in [1.54, 1.807) is 12.1 Å². The van der Waals surface area contributed by atoms with Gasteiger partial charge in [0.15, 0.2) is 0 Å². The third-order valence-electron chi connectivity index (χ3n) is 3.26. The zero-order chi connectivity index (χ0) is 12.7. The molecule has 3 rings (SSSR count). The van der Waals surface area contributed by atoms with Crippen molar-refractivity contribution in [1.29, 1.82) is 0 Å². The van der Waals surface area contributed by atoms with Crippen molar-refractivity contribution in [3.63, 3.8) is 0 Å². The number of aryl methyl sites for hydroxylation is 1. The molecule has 0 spiro atoms. The van der Waals surface area contributed by atoms with Gasteiger partial charge in [-0.1, -0.05) is 0 Å². The lowest BCUT2D eigenvalue weighted by Gasteiger charge is -2.00. The van der Waals surface area contributed by atoms with Crippen LogP contribution in [0.2, 0.25) is 0 Å². The van der Waals surface area contributed by atoms with Crippen LogP contribution < -0.4 is 0 Å². The van der Waals surface area contributed by atoms with Crippen LogP contribution >= 0.6 is 0 Å². The van der Waals surface area contributed by atoms with Gasteiger partial charge in [-0.25, -0.2) is 4.98 Å². The van der Waals surface area contributed by atoms with Gasteiger partial charge in [0.25, 0.3) is 0 Å². The minimum absolute atomic E-state index is 0.641. The Labute approximate surface area is 105 Å². The Hall–Kier alpha value is -2.36. The predicted molar refractivity (Wildman–Crippen MR) is 69.7 cm³/mol. The van der Waals surface area contributed by atoms with Crippen LogP contribution in [0.3, 0.4) is 0 Å². The highest BCUT2D eigenvalue weighted by Crippen LogP contribution is 2.21. The Morgan fingerprint density at radius 1 is 1.28 bits per heavy atom. The molecule has 3 aromatic rings. The van der Waals surface area contributed by atoms with Gasteiger partial charge in [-0.15, -0.1) is 0 Å². The van der Waals surface area contributed by atoms with Crippen molar-refractivity contribution in [3.8, 4) is 11.4 Å². The summed E-state index contributed by atoms with van der Waals surface area (Å²) in [6.45, 7) is 2.06. The molecule has 0 fully saturated rings. The number of imidazole rings is 1. The van der Waals surface area contributed by atoms with Crippen LogP contribution in [-0.2, 0) is 7.05 Å². The molecule has 18 heavy (non-hydrogen) atoms. The largest absolute Gasteiger partial charge is 0.347 e. The maximum atomic E-state index is 10.7. The van der Waals surface area contributed by atoms with E-state index in [9.17, 15) is 4.79 Å². The van der Waals surface area contributed by atoms with E-state index < -0.39 is 0 Å². The van der Waals surface area contributed by atoms with Crippen molar-refractivity contribution in [3.05, 3.63) is 47.9 Å². The summed E-state index contributed by atoms with van der Waals surface area (Å²) in [5.41, 5.74) is 4.60. The summed E-state index contributed by atoms with van der Waals surface area (Å²) in [6, 6.07) is 7.68.